The van der Waals surface area contributed by atoms with E-state index in [0.29, 0.717) is 30.2 Å². The monoisotopic (exact) mass is 281 g/mol. The van der Waals surface area contributed by atoms with Crippen molar-refractivity contribution >= 4 is 5.91 Å². The second-order valence-electron chi connectivity index (χ2n) is 6.80. The Labute approximate surface area is 123 Å². The fourth-order valence-electron chi connectivity index (χ4n) is 3.84. The summed E-state index contributed by atoms with van der Waals surface area (Å²) in [4.78, 5) is 17.0. The molecular formula is C16H31N3O. The molecule has 1 amide bonds. The third-order valence-corrected chi connectivity index (χ3v) is 5.21. The van der Waals surface area contributed by atoms with Gasteiger partial charge in [0.2, 0.25) is 5.91 Å². The number of hydrogen-bond donors (Lipinski definition) is 1. The van der Waals surface area contributed by atoms with Gasteiger partial charge in [0.05, 0.1) is 0 Å². The third-order valence-electron chi connectivity index (χ3n) is 5.21. The van der Waals surface area contributed by atoms with Crippen molar-refractivity contribution in [3.05, 3.63) is 0 Å². The Bertz CT molecular complexity index is 321. The molecule has 3 atom stereocenters. The van der Waals surface area contributed by atoms with Gasteiger partial charge in [0.25, 0.3) is 0 Å². The van der Waals surface area contributed by atoms with Crippen molar-refractivity contribution in [2.24, 2.45) is 17.6 Å². The van der Waals surface area contributed by atoms with Crippen molar-refractivity contribution in [3.8, 4) is 0 Å². The topological polar surface area (TPSA) is 49.6 Å². The summed E-state index contributed by atoms with van der Waals surface area (Å²) in [6.07, 6.45) is 6.46. The third kappa shape index (κ3) is 3.95. The number of likely N-dealkylation sites (tertiary alicyclic amines) is 2. The molecule has 2 aliphatic rings. The molecule has 0 bridgehead atoms. The normalized spacial score (nSPS) is 29.1. The summed E-state index contributed by atoms with van der Waals surface area (Å²) in [5.74, 6) is 1.63. The summed E-state index contributed by atoms with van der Waals surface area (Å²) in [5.41, 5.74) is 5.56. The maximum absolute atomic E-state index is 12.3. The van der Waals surface area contributed by atoms with E-state index in [0.717, 1.165) is 38.9 Å². The van der Waals surface area contributed by atoms with E-state index >= 15 is 0 Å². The van der Waals surface area contributed by atoms with Crippen LogP contribution >= 0.6 is 0 Å². The molecule has 2 fully saturated rings. The maximum Gasteiger partial charge on any atom is 0.222 e. The first-order valence-electron chi connectivity index (χ1n) is 8.30. The molecule has 4 nitrogen and oxygen atoms in total. The van der Waals surface area contributed by atoms with E-state index in [1.165, 1.54) is 19.4 Å². The molecule has 2 rings (SSSR count). The molecule has 4 heteroatoms. The molecule has 0 aliphatic carbocycles. The standard InChI is InChI=1S/C16H31N3O/c1-13(7-9-17)5-6-16(20)19-11-8-15-14(12-19)4-3-10-18(15)2/h13-15H,3-12,17H2,1-2H3. The van der Waals surface area contributed by atoms with Gasteiger partial charge in [-0.2, -0.15) is 0 Å². The number of nitrogens with two attached hydrogens (primary N) is 1. The van der Waals surface area contributed by atoms with Crippen molar-refractivity contribution in [1.29, 1.82) is 0 Å². The Hall–Kier alpha value is -0.610. The number of hydrogen-bond acceptors (Lipinski definition) is 3. The number of piperidine rings is 2. The van der Waals surface area contributed by atoms with Gasteiger partial charge in [0, 0.05) is 25.6 Å². The molecule has 2 N–H and O–H groups in total. The van der Waals surface area contributed by atoms with Crippen LogP contribution in [0.3, 0.4) is 0 Å². The van der Waals surface area contributed by atoms with Crippen LogP contribution in [0, 0.1) is 11.8 Å². The Kier molecular flexibility index (Phi) is 5.85. The van der Waals surface area contributed by atoms with Crippen molar-refractivity contribution in [2.45, 2.75) is 51.5 Å². The van der Waals surface area contributed by atoms with Crippen LogP contribution in [-0.4, -0.2) is 55.0 Å². The lowest BCUT2D eigenvalue weighted by Gasteiger charge is -2.46. The number of carbonyl (C=O) groups excluding carboxylic acids is 1. The van der Waals surface area contributed by atoms with Crippen molar-refractivity contribution < 1.29 is 4.79 Å². The predicted octanol–water partition coefficient (Wildman–Crippen LogP) is 1.69. The van der Waals surface area contributed by atoms with Crippen LogP contribution in [0.25, 0.3) is 0 Å². The molecule has 3 unspecified atom stereocenters. The largest absolute Gasteiger partial charge is 0.342 e. The zero-order chi connectivity index (χ0) is 14.5. The van der Waals surface area contributed by atoms with Gasteiger partial charge in [-0.3, -0.25) is 4.79 Å². The number of fused-ring (bicyclic) bond motifs is 1. The Balaban J connectivity index is 1.77. The van der Waals surface area contributed by atoms with E-state index in [1.807, 2.05) is 0 Å². The van der Waals surface area contributed by atoms with E-state index in [1.54, 1.807) is 0 Å². The number of amides is 1. The molecule has 0 radical (unpaired) electrons. The molecule has 0 saturated carbocycles. The van der Waals surface area contributed by atoms with Crippen LogP contribution in [0.1, 0.15) is 45.4 Å². The Morgan fingerprint density at radius 1 is 1.30 bits per heavy atom. The molecule has 116 valence electrons. The molecule has 20 heavy (non-hydrogen) atoms. The molecule has 0 aromatic carbocycles. The average Bonchev–Trinajstić information content (AvgIpc) is 2.45. The molecule has 0 aromatic rings. The summed E-state index contributed by atoms with van der Waals surface area (Å²) in [5, 5.41) is 0. The van der Waals surface area contributed by atoms with Gasteiger partial charge in [0.1, 0.15) is 0 Å². The zero-order valence-corrected chi connectivity index (χ0v) is 13.2. The predicted molar refractivity (Wildman–Crippen MR) is 82.4 cm³/mol. The van der Waals surface area contributed by atoms with Crippen LogP contribution < -0.4 is 5.73 Å². The van der Waals surface area contributed by atoms with Crippen LogP contribution in [0.5, 0.6) is 0 Å². The van der Waals surface area contributed by atoms with Gasteiger partial charge in [-0.05, 0) is 64.1 Å². The van der Waals surface area contributed by atoms with Gasteiger partial charge < -0.3 is 15.5 Å². The lowest BCUT2D eigenvalue weighted by molar-refractivity contribution is -0.135. The summed E-state index contributed by atoms with van der Waals surface area (Å²) < 4.78 is 0. The molecule has 0 spiro atoms. The van der Waals surface area contributed by atoms with Gasteiger partial charge >= 0.3 is 0 Å². The summed E-state index contributed by atoms with van der Waals surface area (Å²) in [7, 11) is 2.24. The minimum Gasteiger partial charge on any atom is -0.342 e. The smallest absolute Gasteiger partial charge is 0.222 e. The van der Waals surface area contributed by atoms with Crippen LogP contribution in [0.4, 0.5) is 0 Å². The lowest BCUT2D eigenvalue weighted by atomic mass is 9.84. The Morgan fingerprint density at radius 2 is 2.10 bits per heavy atom. The molecule has 0 aromatic heterocycles. The Morgan fingerprint density at radius 3 is 2.85 bits per heavy atom. The SMILES string of the molecule is CC(CCN)CCC(=O)N1CCC2C(CCCN2C)C1. The summed E-state index contributed by atoms with van der Waals surface area (Å²) in [6.45, 7) is 6.10. The van der Waals surface area contributed by atoms with Gasteiger partial charge in [0.15, 0.2) is 0 Å². The molecule has 2 aliphatic heterocycles. The van der Waals surface area contributed by atoms with Crippen LogP contribution in [0.15, 0.2) is 0 Å². The second kappa shape index (κ2) is 7.41. The summed E-state index contributed by atoms with van der Waals surface area (Å²) in [6, 6.07) is 0.712. The van der Waals surface area contributed by atoms with Gasteiger partial charge in [-0.15, -0.1) is 0 Å². The zero-order valence-electron chi connectivity index (χ0n) is 13.2. The minimum absolute atomic E-state index is 0.362. The van der Waals surface area contributed by atoms with E-state index in [-0.39, 0.29) is 0 Å². The number of nitrogens with zero attached hydrogens (tertiary/aromatic N) is 2. The first-order valence-corrected chi connectivity index (χ1v) is 8.30. The first-order chi connectivity index (χ1) is 9.61. The quantitative estimate of drug-likeness (QED) is 0.834. The number of rotatable bonds is 5. The lowest BCUT2D eigenvalue weighted by Crippen LogP contribution is -2.53. The highest BCUT2D eigenvalue weighted by Crippen LogP contribution is 2.30. The van der Waals surface area contributed by atoms with Crippen molar-refractivity contribution in [2.75, 3.05) is 33.2 Å². The highest BCUT2D eigenvalue weighted by molar-refractivity contribution is 5.76. The van der Waals surface area contributed by atoms with E-state index in [9.17, 15) is 4.79 Å². The van der Waals surface area contributed by atoms with E-state index < -0.39 is 0 Å². The van der Waals surface area contributed by atoms with E-state index in [4.69, 9.17) is 5.73 Å². The summed E-state index contributed by atoms with van der Waals surface area (Å²) >= 11 is 0. The number of carbonyl (C=O) groups is 1. The minimum atomic E-state index is 0.362. The molecule has 2 heterocycles. The van der Waals surface area contributed by atoms with Crippen LogP contribution in [0.2, 0.25) is 0 Å². The van der Waals surface area contributed by atoms with Gasteiger partial charge in [-0.25, -0.2) is 0 Å². The fraction of sp³-hybridized carbons (Fsp3) is 0.938. The fourth-order valence-corrected chi connectivity index (χ4v) is 3.84. The highest BCUT2D eigenvalue weighted by atomic mass is 16.2. The first kappa shape index (κ1) is 15.8. The maximum atomic E-state index is 12.3. The average molecular weight is 281 g/mol. The van der Waals surface area contributed by atoms with E-state index in [2.05, 4.69) is 23.8 Å². The molecular weight excluding hydrogens is 250 g/mol. The van der Waals surface area contributed by atoms with Crippen LogP contribution in [-0.2, 0) is 4.79 Å². The highest BCUT2D eigenvalue weighted by Gasteiger charge is 2.35. The molecule has 2 saturated heterocycles. The van der Waals surface area contributed by atoms with Crippen molar-refractivity contribution in [3.63, 3.8) is 0 Å². The van der Waals surface area contributed by atoms with Gasteiger partial charge in [-0.1, -0.05) is 6.92 Å². The second-order valence-corrected chi connectivity index (χ2v) is 6.80. The van der Waals surface area contributed by atoms with Crippen molar-refractivity contribution in [1.82, 2.24) is 9.80 Å².